The number of carboxylic acid groups (broad SMARTS) is 1. The molecule has 3 atom stereocenters. The molecule has 1 aliphatic carbocycles. The van der Waals surface area contributed by atoms with Gasteiger partial charge in [-0.3, -0.25) is 14.7 Å². The topological polar surface area (TPSA) is 92.1 Å². The second-order valence-corrected chi connectivity index (χ2v) is 10.7. The van der Waals surface area contributed by atoms with Crippen molar-refractivity contribution in [1.82, 2.24) is 9.88 Å². The Kier molecular flexibility index (Phi) is 8.00. The molecule has 0 radical (unpaired) electrons. The summed E-state index contributed by atoms with van der Waals surface area (Å²) in [6, 6.07) is 9.79. The molecule has 3 aromatic rings. The predicted molar refractivity (Wildman–Crippen MR) is 142 cm³/mol. The third kappa shape index (κ3) is 5.56. The minimum absolute atomic E-state index is 0.0555. The van der Waals surface area contributed by atoms with Crippen LogP contribution in [-0.4, -0.2) is 59.4 Å². The number of piperidine rings is 1. The van der Waals surface area contributed by atoms with Gasteiger partial charge in [-0.2, -0.15) is 0 Å². The van der Waals surface area contributed by atoms with Gasteiger partial charge in [-0.15, -0.1) is 0 Å². The van der Waals surface area contributed by atoms with Crippen molar-refractivity contribution in [1.29, 1.82) is 0 Å². The van der Waals surface area contributed by atoms with E-state index in [1.165, 1.54) is 13.2 Å². The fraction of sp³-hybridized carbons (Fsp3) is 0.467. The SMILES string of the molecule is COc1ccc2nccc([C@@H](O)CC[C@@H]3CCN(C4CC(c5cc(F)c(OC)cc5F)C4)C[C@@H]3C(=O)O)c2c1. The molecule has 2 fully saturated rings. The number of likely N-dealkylation sites (tertiary alicyclic amines) is 1. The van der Waals surface area contributed by atoms with Gasteiger partial charge < -0.3 is 19.7 Å². The molecule has 9 heteroatoms. The van der Waals surface area contributed by atoms with Gasteiger partial charge in [0, 0.05) is 30.2 Å². The van der Waals surface area contributed by atoms with Gasteiger partial charge in [0.1, 0.15) is 11.6 Å². The Bertz CT molecular complexity index is 1350. The summed E-state index contributed by atoms with van der Waals surface area (Å²) in [5, 5.41) is 21.9. The van der Waals surface area contributed by atoms with E-state index in [-0.39, 0.29) is 23.6 Å². The zero-order valence-corrected chi connectivity index (χ0v) is 22.1. The van der Waals surface area contributed by atoms with E-state index in [9.17, 15) is 23.8 Å². The van der Waals surface area contributed by atoms with Crippen molar-refractivity contribution in [3.05, 3.63) is 65.4 Å². The van der Waals surface area contributed by atoms with Crippen LogP contribution in [0.15, 0.2) is 42.6 Å². The number of rotatable bonds is 9. The molecular formula is C30H34F2N2O5. The average Bonchev–Trinajstić information content (AvgIpc) is 2.92. The number of carboxylic acids is 1. The highest BCUT2D eigenvalue weighted by Crippen LogP contribution is 2.44. The van der Waals surface area contributed by atoms with E-state index in [1.807, 2.05) is 18.2 Å². The molecule has 0 spiro atoms. The van der Waals surface area contributed by atoms with Crippen molar-refractivity contribution in [2.45, 2.75) is 50.2 Å². The number of fused-ring (bicyclic) bond motifs is 1. The number of aliphatic carboxylic acids is 1. The normalized spacial score (nSPS) is 24.2. The summed E-state index contributed by atoms with van der Waals surface area (Å²) in [6.07, 6.45) is 3.99. The largest absolute Gasteiger partial charge is 0.497 e. The number of aliphatic hydroxyl groups is 1. The number of ether oxygens (including phenoxy) is 2. The number of pyridine rings is 1. The lowest BCUT2D eigenvalue weighted by Gasteiger charge is -2.47. The van der Waals surface area contributed by atoms with Crippen LogP contribution in [0.25, 0.3) is 10.9 Å². The molecule has 0 unspecified atom stereocenters. The van der Waals surface area contributed by atoms with Crippen LogP contribution in [0.1, 0.15) is 55.3 Å². The van der Waals surface area contributed by atoms with Crippen LogP contribution in [0.3, 0.4) is 0 Å². The van der Waals surface area contributed by atoms with E-state index < -0.39 is 29.6 Å². The standard InChI is InChI=1S/C30H34F2N2O5/c1-38-20-4-5-27-23(13-20)21(7-9-33-27)28(35)6-3-17-8-10-34(16-24(17)30(36)37)19-11-18(12-19)22-14-26(32)29(39-2)15-25(22)31/h4-5,7,9,13-15,17-19,24,28,35H,3,6,8,10-12,16H2,1-2H3,(H,36,37)/t17-,18?,19?,24+,28+/m1/s1. The molecular weight excluding hydrogens is 506 g/mol. The van der Waals surface area contributed by atoms with Crippen molar-refractivity contribution >= 4 is 16.9 Å². The van der Waals surface area contributed by atoms with Crippen molar-refractivity contribution in [3.8, 4) is 11.5 Å². The highest BCUT2D eigenvalue weighted by atomic mass is 19.1. The summed E-state index contributed by atoms with van der Waals surface area (Å²) >= 11 is 0. The lowest BCUT2D eigenvalue weighted by Crippen LogP contribution is -2.52. The number of aromatic nitrogens is 1. The molecule has 1 aliphatic heterocycles. The van der Waals surface area contributed by atoms with Crippen LogP contribution in [0, 0.1) is 23.5 Å². The summed E-state index contributed by atoms with van der Waals surface area (Å²) in [5.74, 6) is -2.02. The highest BCUT2D eigenvalue weighted by molar-refractivity contribution is 5.83. The van der Waals surface area contributed by atoms with E-state index in [1.54, 1.807) is 19.4 Å². The van der Waals surface area contributed by atoms with Gasteiger partial charge in [0.15, 0.2) is 11.6 Å². The van der Waals surface area contributed by atoms with Crippen LogP contribution >= 0.6 is 0 Å². The van der Waals surface area contributed by atoms with Crippen molar-refractivity contribution in [2.75, 3.05) is 27.3 Å². The van der Waals surface area contributed by atoms with Crippen LogP contribution < -0.4 is 9.47 Å². The predicted octanol–water partition coefficient (Wildman–Crippen LogP) is 5.31. The molecule has 208 valence electrons. The van der Waals surface area contributed by atoms with Crippen molar-refractivity contribution < 1.29 is 33.3 Å². The maximum Gasteiger partial charge on any atom is 0.308 e. The number of halogens is 2. The zero-order chi connectivity index (χ0) is 27.7. The van der Waals surface area contributed by atoms with Gasteiger partial charge >= 0.3 is 5.97 Å². The molecule has 2 heterocycles. The summed E-state index contributed by atoms with van der Waals surface area (Å²) in [4.78, 5) is 18.8. The first-order valence-corrected chi connectivity index (χ1v) is 13.4. The number of carbonyl (C=O) groups is 1. The molecule has 1 saturated heterocycles. The first-order valence-electron chi connectivity index (χ1n) is 13.4. The first-order chi connectivity index (χ1) is 18.8. The fourth-order valence-corrected chi connectivity index (χ4v) is 6.23. The Hall–Kier alpha value is -3.30. The van der Waals surface area contributed by atoms with Gasteiger partial charge in [-0.25, -0.2) is 8.78 Å². The zero-order valence-electron chi connectivity index (χ0n) is 22.1. The highest BCUT2D eigenvalue weighted by Gasteiger charge is 2.42. The van der Waals surface area contributed by atoms with E-state index in [0.717, 1.165) is 29.1 Å². The van der Waals surface area contributed by atoms with E-state index in [4.69, 9.17) is 9.47 Å². The van der Waals surface area contributed by atoms with Gasteiger partial charge in [0.05, 0.1) is 31.8 Å². The minimum Gasteiger partial charge on any atom is -0.497 e. The molecule has 2 aromatic carbocycles. The fourth-order valence-electron chi connectivity index (χ4n) is 6.23. The van der Waals surface area contributed by atoms with Crippen molar-refractivity contribution in [3.63, 3.8) is 0 Å². The number of nitrogens with zero attached hydrogens (tertiary/aromatic N) is 2. The monoisotopic (exact) mass is 540 g/mol. The third-order valence-electron chi connectivity index (χ3n) is 8.60. The molecule has 2 aliphatic rings. The summed E-state index contributed by atoms with van der Waals surface area (Å²) in [5.41, 5.74) is 1.87. The Balaban J connectivity index is 1.19. The van der Waals surface area contributed by atoms with Crippen LogP contribution in [0.5, 0.6) is 11.5 Å². The van der Waals surface area contributed by atoms with E-state index in [2.05, 4.69) is 9.88 Å². The second kappa shape index (κ2) is 11.4. The summed E-state index contributed by atoms with van der Waals surface area (Å²) < 4.78 is 38.8. The summed E-state index contributed by atoms with van der Waals surface area (Å²) in [7, 11) is 2.89. The van der Waals surface area contributed by atoms with Gasteiger partial charge in [-0.05, 0) is 91.9 Å². The Morgan fingerprint density at radius 2 is 1.92 bits per heavy atom. The quantitative estimate of drug-likeness (QED) is 0.380. The lowest BCUT2D eigenvalue weighted by molar-refractivity contribution is -0.147. The van der Waals surface area contributed by atoms with Gasteiger partial charge in [0.2, 0.25) is 0 Å². The lowest BCUT2D eigenvalue weighted by atomic mass is 9.73. The molecule has 1 saturated carbocycles. The van der Waals surface area contributed by atoms with Crippen LogP contribution in [-0.2, 0) is 4.79 Å². The average molecular weight is 541 g/mol. The minimum atomic E-state index is -0.836. The molecule has 0 amide bonds. The van der Waals surface area contributed by atoms with E-state index in [0.29, 0.717) is 50.0 Å². The maximum atomic E-state index is 14.5. The van der Waals surface area contributed by atoms with Gasteiger partial charge in [-0.1, -0.05) is 0 Å². The second-order valence-electron chi connectivity index (χ2n) is 10.7. The van der Waals surface area contributed by atoms with E-state index >= 15 is 0 Å². The molecule has 1 aromatic heterocycles. The number of hydrogen-bond acceptors (Lipinski definition) is 6. The first kappa shape index (κ1) is 27.3. The molecule has 5 rings (SSSR count). The summed E-state index contributed by atoms with van der Waals surface area (Å²) in [6.45, 7) is 1.17. The smallest absolute Gasteiger partial charge is 0.308 e. The molecule has 39 heavy (non-hydrogen) atoms. The number of hydrogen-bond donors (Lipinski definition) is 2. The van der Waals surface area contributed by atoms with Gasteiger partial charge in [0.25, 0.3) is 0 Å². The van der Waals surface area contributed by atoms with Crippen LogP contribution in [0.2, 0.25) is 0 Å². The molecule has 0 bridgehead atoms. The van der Waals surface area contributed by atoms with Crippen LogP contribution in [0.4, 0.5) is 8.78 Å². The Labute approximate surface area is 226 Å². The Morgan fingerprint density at radius 3 is 2.64 bits per heavy atom. The molecule has 7 nitrogen and oxygen atoms in total. The Morgan fingerprint density at radius 1 is 1.13 bits per heavy atom. The number of methoxy groups -OCH3 is 2. The van der Waals surface area contributed by atoms with Crippen molar-refractivity contribution in [2.24, 2.45) is 11.8 Å². The maximum absolute atomic E-state index is 14.5. The molecule has 2 N–H and O–H groups in total. The number of aliphatic hydroxyl groups excluding tert-OH is 1. The number of benzene rings is 2. The third-order valence-corrected chi connectivity index (χ3v) is 8.60.